The van der Waals surface area contributed by atoms with Gasteiger partial charge in [-0.05, 0) is 37.2 Å². The second kappa shape index (κ2) is 6.82. The van der Waals surface area contributed by atoms with Crippen molar-refractivity contribution in [2.75, 3.05) is 22.9 Å². The molecule has 6 nitrogen and oxygen atoms in total. The molecule has 1 aromatic heterocycles. The maximum absolute atomic E-state index is 13.4. The minimum absolute atomic E-state index is 0.145. The molecule has 164 valence electrons. The van der Waals surface area contributed by atoms with E-state index in [2.05, 4.69) is 15.9 Å². The van der Waals surface area contributed by atoms with Crippen molar-refractivity contribution in [3.05, 3.63) is 69.7 Å². The van der Waals surface area contributed by atoms with Gasteiger partial charge in [-0.2, -0.15) is 5.26 Å². The summed E-state index contributed by atoms with van der Waals surface area (Å²) in [5.41, 5.74) is 12.2. The molecule has 2 bridgehead atoms. The zero-order chi connectivity index (χ0) is 22.3. The standard InChI is InChI=1S/C26H23N5OS/c27-13-16-19(14-5-2-1-3-6-14)21-17(7-4-8-18(21)32)31-24(16)29-23(28)22-20-15-9-11-30(12-10-15)25(20)33-26(22)31/h1-3,5-6,15,19H,4,7-12H2,(H2,28,29)/t19-/m0/s1. The lowest BCUT2D eigenvalue weighted by molar-refractivity contribution is -0.116. The molecule has 0 amide bonds. The molecule has 6 aliphatic rings. The van der Waals surface area contributed by atoms with Gasteiger partial charge in [0.1, 0.15) is 10.8 Å². The first-order chi connectivity index (χ1) is 16.2. The lowest BCUT2D eigenvalue weighted by Crippen LogP contribution is -2.40. The molecule has 33 heavy (non-hydrogen) atoms. The highest BCUT2D eigenvalue weighted by molar-refractivity contribution is 7.21. The van der Waals surface area contributed by atoms with E-state index in [1.54, 1.807) is 11.3 Å². The van der Waals surface area contributed by atoms with Gasteiger partial charge >= 0.3 is 0 Å². The molecule has 1 atom stereocenters. The fourth-order valence-corrected chi connectivity index (χ4v) is 7.81. The van der Waals surface area contributed by atoms with E-state index in [0.717, 1.165) is 66.2 Å². The van der Waals surface area contributed by atoms with Gasteiger partial charge in [0.2, 0.25) is 0 Å². The van der Waals surface area contributed by atoms with Crippen LogP contribution in [0.4, 0.5) is 10.0 Å². The Balaban J connectivity index is 1.52. The van der Waals surface area contributed by atoms with Crippen LogP contribution in [0.2, 0.25) is 0 Å². The SMILES string of the molecule is N#CC1=C2N=C(N)c3c(sc4c3C3CCN4CC3)N2C2=C(C(=O)CCC2)[C@H]1c1ccccc1. The Bertz CT molecular complexity index is 1350. The van der Waals surface area contributed by atoms with Gasteiger partial charge in [0.25, 0.3) is 0 Å². The zero-order valence-corrected chi connectivity index (χ0v) is 19.0. The molecule has 2 aromatic rings. The number of rotatable bonds is 1. The number of piperidine rings is 1. The van der Waals surface area contributed by atoms with Crippen molar-refractivity contribution in [3.63, 3.8) is 0 Å². The molecule has 0 unspecified atom stereocenters. The topological polar surface area (TPSA) is 85.7 Å². The van der Waals surface area contributed by atoms with Crippen LogP contribution < -0.4 is 15.5 Å². The maximum atomic E-state index is 13.4. The highest BCUT2D eigenvalue weighted by Crippen LogP contribution is 2.57. The van der Waals surface area contributed by atoms with E-state index in [9.17, 15) is 10.1 Å². The number of hydrogen-bond acceptors (Lipinski definition) is 7. The summed E-state index contributed by atoms with van der Waals surface area (Å²) in [5, 5.41) is 12.7. The smallest absolute Gasteiger partial charge is 0.161 e. The van der Waals surface area contributed by atoms with E-state index >= 15 is 0 Å². The van der Waals surface area contributed by atoms with Crippen LogP contribution in [0.3, 0.4) is 0 Å². The number of carbonyl (C=O) groups is 1. The molecular formula is C26H23N5OS. The Morgan fingerprint density at radius 1 is 1.12 bits per heavy atom. The van der Waals surface area contributed by atoms with E-state index < -0.39 is 5.92 Å². The minimum atomic E-state index is -0.391. The Morgan fingerprint density at radius 3 is 2.67 bits per heavy atom. The van der Waals surface area contributed by atoms with Crippen molar-refractivity contribution >= 4 is 33.0 Å². The largest absolute Gasteiger partial charge is 0.383 e. The number of Topliss-reactive ketones (excluding diaryl/α,β-unsaturated/α-hetero) is 1. The minimum Gasteiger partial charge on any atom is -0.383 e. The molecule has 7 heteroatoms. The Labute approximate surface area is 196 Å². The van der Waals surface area contributed by atoms with E-state index in [1.807, 2.05) is 30.3 Å². The summed E-state index contributed by atoms with van der Waals surface area (Å²) in [6.45, 7) is 2.17. The quantitative estimate of drug-likeness (QED) is 0.687. The number of nitrogens with two attached hydrogens (primary N) is 1. The number of hydrogen-bond donors (Lipinski definition) is 1. The highest BCUT2D eigenvalue weighted by Gasteiger charge is 2.46. The number of aliphatic imine (C=N–C) groups is 1. The first-order valence-corrected chi connectivity index (χ1v) is 12.5. The second-order valence-electron chi connectivity index (χ2n) is 9.42. The van der Waals surface area contributed by atoms with Crippen molar-refractivity contribution in [3.8, 4) is 6.07 Å². The van der Waals surface area contributed by atoms with Gasteiger partial charge < -0.3 is 10.6 Å². The Hall–Kier alpha value is -3.37. The van der Waals surface area contributed by atoms with Gasteiger partial charge in [-0.15, -0.1) is 0 Å². The van der Waals surface area contributed by atoms with Crippen molar-refractivity contribution in [2.45, 2.75) is 43.9 Å². The summed E-state index contributed by atoms with van der Waals surface area (Å²) in [5.74, 6) is 1.38. The lowest BCUT2D eigenvalue weighted by atomic mass is 9.75. The number of carbonyl (C=O) groups excluding carboxylic acids is 1. The average molecular weight is 454 g/mol. The van der Waals surface area contributed by atoms with Crippen LogP contribution in [0, 0.1) is 11.3 Å². The Morgan fingerprint density at radius 2 is 1.91 bits per heavy atom. The van der Waals surface area contributed by atoms with Gasteiger partial charge in [0, 0.05) is 36.3 Å². The first kappa shape index (κ1) is 19.1. The van der Waals surface area contributed by atoms with Crippen LogP contribution in [0.1, 0.15) is 60.6 Å². The molecule has 0 radical (unpaired) electrons. The number of fused-ring (bicyclic) bond motifs is 6. The van der Waals surface area contributed by atoms with Gasteiger partial charge in [0.05, 0.1) is 28.1 Å². The normalized spacial score (nSPS) is 23.7. The van der Waals surface area contributed by atoms with Crippen LogP contribution in [0.5, 0.6) is 0 Å². The van der Waals surface area contributed by atoms with Crippen LogP contribution in [-0.2, 0) is 4.79 Å². The summed E-state index contributed by atoms with van der Waals surface area (Å²) in [6.07, 6.45) is 4.45. The number of benzene rings is 1. The van der Waals surface area contributed by atoms with E-state index in [0.29, 0.717) is 29.6 Å². The second-order valence-corrected chi connectivity index (χ2v) is 10.4. The first-order valence-electron chi connectivity index (χ1n) is 11.7. The molecule has 5 aliphatic heterocycles. The monoisotopic (exact) mass is 453 g/mol. The van der Waals surface area contributed by atoms with Gasteiger partial charge in [-0.3, -0.25) is 9.69 Å². The number of anilines is 2. The molecule has 8 rings (SSSR count). The number of nitriles is 1. The third-order valence-corrected chi connectivity index (χ3v) is 9.02. The highest BCUT2D eigenvalue weighted by atomic mass is 32.1. The van der Waals surface area contributed by atoms with Crippen LogP contribution in [-0.4, -0.2) is 24.7 Å². The molecule has 1 fully saturated rings. The predicted octanol–water partition coefficient (Wildman–Crippen LogP) is 4.51. The van der Waals surface area contributed by atoms with E-state index in [4.69, 9.17) is 10.7 Å². The number of amidine groups is 1. The fourth-order valence-electron chi connectivity index (χ4n) is 6.33. The molecule has 6 heterocycles. The van der Waals surface area contributed by atoms with Gasteiger partial charge in [-0.1, -0.05) is 41.7 Å². The molecular weight excluding hydrogens is 430 g/mol. The molecule has 2 N–H and O–H groups in total. The van der Waals surface area contributed by atoms with E-state index in [1.165, 1.54) is 10.6 Å². The Kier molecular flexibility index (Phi) is 3.95. The van der Waals surface area contributed by atoms with Gasteiger partial charge in [-0.25, -0.2) is 4.99 Å². The molecule has 0 spiro atoms. The van der Waals surface area contributed by atoms with Crippen molar-refractivity contribution in [1.82, 2.24) is 0 Å². The van der Waals surface area contributed by atoms with Crippen LogP contribution in [0.15, 0.2) is 58.0 Å². The summed E-state index contributed by atoms with van der Waals surface area (Å²) in [6, 6.07) is 12.3. The van der Waals surface area contributed by atoms with Crippen molar-refractivity contribution in [1.29, 1.82) is 5.26 Å². The summed E-state index contributed by atoms with van der Waals surface area (Å²) < 4.78 is 0. The van der Waals surface area contributed by atoms with E-state index in [-0.39, 0.29) is 5.78 Å². The third-order valence-electron chi connectivity index (χ3n) is 7.77. The fraction of sp³-hybridized carbons (Fsp3) is 0.346. The lowest BCUT2D eigenvalue weighted by Gasteiger charge is -2.41. The summed E-state index contributed by atoms with van der Waals surface area (Å²) in [7, 11) is 0. The molecule has 1 aliphatic carbocycles. The predicted molar refractivity (Wildman–Crippen MR) is 129 cm³/mol. The van der Waals surface area contributed by atoms with Crippen LogP contribution >= 0.6 is 11.3 Å². The number of nitrogens with zero attached hydrogens (tertiary/aromatic N) is 4. The molecule has 1 aromatic carbocycles. The maximum Gasteiger partial charge on any atom is 0.161 e. The molecule has 0 saturated carbocycles. The molecule has 1 saturated heterocycles. The number of ketones is 1. The van der Waals surface area contributed by atoms with Crippen LogP contribution in [0.25, 0.3) is 0 Å². The third kappa shape index (κ3) is 2.47. The van der Waals surface area contributed by atoms with Gasteiger partial charge in [0.15, 0.2) is 11.6 Å². The zero-order valence-electron chi connectivity index (χ0n) is 18.2. The average Bonchev–Trinajstić information content (AvgIpc) is 3.28. The summed E-state index contributed by atoms with van der Waals surface area (Å²) in [4.78, 5) is 22.8. The van der Waals surface area contributed by atoms with Crippen molar-refractivity contribution < 1.29 is 4.79 Å². The summed E-state index contributed by atoms with van der Waals surface area (Å²) >= 11 is 1.76. The number of allylic oxidation sites excluding steroid dienone is 3. The number of thiophene rings is 1. The van der Waals surface area contributed by atoms with Crippen molar-refractivity contribution in [2.24, 2.45) is 10.7 Å².